The van der Waals surface area contributed by atoms with Gasteiger partial charge < -0.3 is 10.5 Å². The summed E-state index contributed by atoms with van der Waals surface area (Å²) >= 11 is 0. The van der Waals surface area contributed by atoms with Crippen molar-refractivity contribution in [2.75, 3.05) is 0 Å². The van der Waals surface area contributed by atoms with E-state index in [-0.39, 0.29) is 6.04 Å². The van der Waals surface area contributed by atoms with Crippen LogP contribution in [0.5, 0.6) is 0 Å². The highest BCUT2D eigenvalue weighted by Crippen LogP contribution is 2.51. The first kappa shape index (κ1) is 15.9. The number of fused-ring (bicyclic) bond motifs is 2. The zero-order valence-electron chi connectivity index (χ0n) is 14.2. The maximum absolute atomic E-state index is 6.61. The monoisotopic (exact) mass is 321 g/mol. The highest BCUT2D eigenvalue weighted by molar-refractivity contribution is 5.17. The smallest absolute Gasteiger partial charge is 0.0720 e. The van der Waals surface area contributed by atoms with Gasteiger partial charge in [-0.25, -0.2) is 0 Å². The second-order valence-electron chi connectivity index (χ2n) is 7.52. The van der Waals surface area contributed by atoms with Gasteiger partial charge in [-0.05, 0) is 54.6 Å². The average molecular weight is 321 g/mol. The summed E-state index contributed by atoms with van der Waals surface area (Å²) in [7, 11) is 0. The third-order valence-electron chi connectivity index (χ3n) is 6.03. The molecule has 2 aliphatic carbocycles. The fourth-order valence-corrected chi connectivity index (χ4v) is 4.88. The van der Waals surface area contributed by atoms with Gasteiger partial charge in [-0.15, -0.1) is 0 Å². The van der Waals surface area contributed by atoms with E-state index in [1.165, 1.54) is 30.4 Å². The van der Waals surface area contributed by atoms with Crippen molar-refractivity contribution in [3.63, 3.8) is 0 Å². The van der Waals surface area contributed by atoms with Gasteiger partial charge in [-0.2, -0.15) is 0 Å². The second-order valence-corrected chi connectivity index (χ2v) is 7.52. The van der Waals surface area contributed by atoms with E-state index in [1.807, 2.05) is 0 Å². The van der Waals surface area contributed by atoms with Crippen molar-refractivity contribution in [2.45, 2.75) is 44.4 Å². The predicted molar refractivity (Wildman–Crippen MR) is 97.5 cm³/mol. The van der Waals surface area contributed by atoms with Crippen molar-refractivity contribution in [1.29, 1.82) is 0 Å². The van der Waals surface area contributed by atoms with Gasteiger partial charge in [0.25, 0.3) is 0 Å². The highest BCUT2D eigenvalue weighted by Gasteiger charge is 2.50. The van der Waals surface area contributed by atoms with Crippen LogP contribution in [0.2, 0.25) is 0 Å². The van der Waals surface area contributed by atoms with Gasteiger partial charge in [0.2, 0.25) is 0 Å². The van der Waals surface area contributed by atoms with Gasteiger partial charge in [0.15, 0.2) is 0 Å². The van der Waals surface area contributed by atoms with E-state index in [1.54, 1.807) is 0 Å². The molecule has 2 heteroatoms. The fraction of sp³-hybridized carbons (Fsp3) is 0.455. The van der Waals surface area contributed by atoms with Crippen molar-refractivity contribution < 1.29 is 4.74 Å². The molecule has 2 aromatic carbocycles. The molecule has 2 bridgehead atoms. The Labute approximate surface area is 145 Å². The molecular formula is C22H27NO. The minimum Gasteiger partial charge on any atom is -0.373 e. The Morgan fingerprint density at radius 2 is 1.58 bits per heavy atom. The lowest BCUT2D eigenvalue weighted by atomic mass is 9.81. The first-order chi connectivity index (χ1) is 11.8. The Bertz CT molecular complexity index is 642. The maximum Gasteiger partial charge on any atom is 0.0720 e. The topological polar surface area (TPSA) is 35.2 Å². The molecule has 5 atom stereocenters. The number of nitrogens with two attached hydrogens (primary N) is 1. The molecule has 24 heavy (non-hydrogen) atoms. The Kier molecular flexibility index (Phi) is 4.68. The molecule has 0 aliphatic heterocycles. The SMILES string of the molecule is NC(Cc1ccccc1)C1CC2CCC1C2OCc1ccccc1. The first-order valence-electron chi connectivity index (χ1n) is 9.26. The van der Waals surface area contributed by atoms with Gasteiger partial charge in [0.1, 0.15) is 0 Å². The number of benzene rings is 2. The van der Waals surface area contributed by atoms with E-state index < -0.39 is 0 Å². The predicted octanol–water partition coefficient (Wildman–Crippen LogP) is 4.19. The van der Waals surface area contributed by atoms with Crippen LogP contribution in [0, 0.1) is 17.8 Å². The summed E-state index contributed by atoms with van der Waals surface area (Å²) in [5.41, 5.74) is 9.24. The molecule has 0 radical (unpaired) electrons. The summed E-state index contributed by atoms with van der Waals surface area (Å²) in [6.07, 6.45) is 5.26. The summed E-state index contributed by atoms with van der Waals surface area (Å²) in [6, 6.07) is 21.4. The van der Waals surface area contributed by atoms with Crippen LogP contribution in [-0.4, -0.2) is 12.1 Å². The fourth-order valence-electron chi connectivity index (χ4n) is 4.88. The number of ether oxygens (including phenoxy) is 1. The van der Waals surface area contributed by atoms with E-state index in [2.05, 4.69) is 60.7 Å². The number of rotatable bonds is 6. The van der Waals surface area contributed by atoms with Crippen LogP contribution < -0.4 is 5.73 Å². The lowest BCUT2D eigenvalue weighted by molar-refractivity contribution is 0.00600. The lowest BCUT2D eigenvalue weighted by Crippen LogP contribution is -2.36. The normalized spacial score (nSPS) is 29.7. The molecule has 2 saturated carbocycles. The Hall–Kier alpha value is -1.64. The van der Waals surface area contributed by atoms with Gasteiger partial charge in [-0.3, -0.25) is 0 Å². The third-order valence-corrected chi connectivity index (χ3v) is 6.03. The van der Waals surface area contributed by atoms with Crippen molar-refractivity contribution >= 4 is 0 Å². The van der Waals surface area contributed by atoms with Crippen molar-refractivity contribution in [1.82, 2.24) is 0 Å². The average Bonchev–Trinajstić information content (AvgIpc) is 3.19. The summed E-state index contributed by atoms with van der Waals surface area (Å²) in [5.74, 6) is 1.98. The van der Waals surface area contributed by atoms with E-state index in [0.29, 0.717) is 23.9 Å². The van der Waals surface area contributed by atoms with Crippen LogP contribution in [0.3, 0.4) is 0 Å². The molecule has 2 aliphatic rings. The van der Waals surface area contributed by atoms with E-state index in [0.717, 1.165) is 13.0 Å². The van der Waals surface area contributed by atoms with Crippen LogP contribution >= 0.6 is 0 Å². The van der Waals surface area contributed by atoms with Gasteiger partial charge in [0, 0.05) is 6.04 Å². The summed E-state index contributed by atoms with van der Waals surface area (Å²) in [6.45, 7) is 0.735. The van der Waals surface area contributed by atoms with Crippen LogP contribution in [0.1, 0.15) is 30.4 Å². The molecule has 5 unspecified atom stereocenters. The largest absolute Gasteiger partial charge is 0.373 e. The molecule has 2 fully saturated rings. The minimum absolute atomic E-state index is 0.255. The molecule has 2 aromatic rings. The first-order valence-corrected chi connectivity index (χ1v) is 9.26. The summed E-state index contributed by atoms with van der Waals surface area (Å²) in [4.78, 5) is 0. The maximum atomic E-state index is 6.61. The Morgan fingerprint density at radius 1 is 0.917 bits per heavy atom. The van der Waals surface area contributed by atoms with Crippen LogP contribution in [-0.2, 0) is 17.8 Å². The molecule has 0 amide bonds. The molecule has 0 spiro atoms. The molecule has 0 heterocycles. The third kappa shape index (κ3) is 3.26. The van der Waals surface area contributed by atoms with Gasteiger partial charge in [0.05, 0.1) is 12.7 Å². The van der Waals surface area contributed by atoms with Crippen LogP contribution in [0.15, 0.2) is 60.7 Å². The van der Waals surface area contributed by atoms with Crippen molar-refractivity contribution in [3.8, 4) is 0 Å². The number of hydrogen-bond donors (Lipinski definition) is 1. The summed E-state index contributed by atoms with van der Waals surface area (Å²) < 4.78 is 6.35. The van der Waals surface area contributed by atoms with Crippen LogP contribution in [0.4, 0.5) is 0 Å². The van der Waals surface area contributed by atoms with E-state index >= 15 is 0 Å². The van der Waals surface area contributed by atoms with Crippen molar-refractivity contribution in [2.24, 2.45) is 23.5 Å². The Morgan fingerprint density at radius 3 is 2.29 bits per heavy atom. The van der Waals surface area contributed by atoms with E-state index in [4.69, 9.17) is 10.5 Å². The second kappa shape index (κ2) is 7.08. The molecular weight excluding hydrogens is 294 g/mol. The minimum atomic E-state index is 0.255. The molecule has 0 aromatic heterocycles. The zero-order chi connectivity index (χ0) is 16.4. The van der Waals surface area contributed by atoms with Crippen molar-refractivity contribution in [3.05, 3.63) is 71.8 Å². The number of hydrogen-bond acceptors (Lipinski definition) is 2. The molecule has 4 rings (SSSR count). The summed E-state index contributed by atoms with van der Waals surface area (Å²) in [5, 5.41) is 0. The Balaban J connectivity index is 1.37. The quantitative estimate of drug-likeness (QED) is 0.866. The van der Waals surface area contributed by atoms with Crippen LogP contribution in [0.25, 0.3) is 0 Å². The molecule has 126 valence electrons. The lowest BCUT2D eigenvalue weighted by Gasteiger charge is -2.28. The molecule has 2 nitrogen and oxygen atoms in total. The standard InChI is InChI=1S/C22H27NO/c23-21(13-16-7-3-1-4-8-16)20-14-18-11-12-19(20)22(18)24-15-17-9-5-2-6-10-17/h1-10,18-22H,11-15,23H2. The molecule has 0 saturated heterocycles. The highest BCUT2D eigenvalue weighted by atomic mass is 16.5. The van der Waals surface area contributed by atoms with E-state index in [9.17, 15) is 0 Å². The van der Waals surface area contributed by atoms with Gasteiger partial charge >= 0.3 is 0 Å². The zero-order valence-corrected chi connectivity index (χ0v) is 14.2. The van der Waals surface area contributed by atoms with Gasteiger partial charge in [-0.1, -0.05) is 60.7 Å². The molecule has 2 N–H and O–H groups in total.